The van der Waals surface area contributed by atoms with Gasteiger partial charge in [0.05, 0.1) is 13.2 Å². The third-order valence-corrected chi connectivity index (χ3v) is 10.4. The van der Waals surface area contributed by atoms with Crippen LogP contribution in [0.25, 0.3) is 0 Å². The molecular formula is C51H86NO8P. The first-order chi connectivity index (χ1) is 29.8. The van der Waals surface area contributed by atoms with Crippen molar-refractivity contribution in [3.05, 3.63) is 97.2 Å². The van der Waals surface area contributed by atoms with Crippen molar-refractivity contribution in [2.75, 3.05) is 26.4 Å². The zero-order chi connectivity index (χ0) is 44.6. The second kappa shape index (κ2) is 46.4. The van der Waals surface area contributed by atoms with Crippen molar-refractivity contribution in [2.24, 2.45) is 5.73 Å². The lowest BCUT2D eigenvalue weighted by atomic mass is 10.1. The minimum atomic E-state index is -4.40. The van der Waals surface area contributed by atoms with Crippen LogP contribution in [0.5, 0.6) is 0 Å². The molecule has 61 heavy (non-hydrogen) atoms. The number of hydrogen-bond acceptors (Lipinski definition) is 8. The Morgan fingerprint density at radius 1 is 0.508 bits per heavy atom. The van der Waals surface area contributed by atoms with E-state index < -0.39 is 32.5 Å². The Hall–Kier alpha value is -3.07. The fraction of sp³-hybridized carbons (Fsp3) is 0.647. The van der Waals surface area contributed by atoms with Crippen LogP contribution in [0.1, 0.15) is 181 Å². The van der Waals surface area contributed by atoms with Crippen LogP contribution in [0, 0.1) is 0 Å². The highest BCUT2D eigenvalue weighted by atomic mass is 31.2. The molecule has 0 aliphatic heterocycles. The minimum absolute atomic E-state index is 0.0401. The highest BCUT2D eigenvalue weighted by Crippen LogP contribution is 2.43. The Morgan fingerprint density at radius 2 is 0.902 bits per heavy atom. The maximum Gasteiger partial charge on any atom is 0.472 e. The van der Waals surface area contributed by atoms with Gasteiger partial charge >= 0.3 is 19.8 Å². The molecule has 0 aromatic carbocycles. The van der Waals surface area contributed by atoms with Crippen LogP contribution in [0.2, 0.25) is 0 Å². The van der Waals surface area contributed by atoms with Gasteiger partial charge < -0.3 is 20.1 Å². The van der Waals surface area contributed by atoms with Crippen LogP contribution >= 0.6 is 7.82 Å². The van der Waals surface area contributed by atoms with Crippen LogP contribution in [0.3, 0.4) is 0 Å². The van der Waals surface area contributed by atoms with Gasteiger partial charge in [0.25, 0.3) is 0 Å². The first-order valence-electron chi connectivity index (χ1n) is 23.7. The largest absolute Gasteiger partial charge is 0.472 e. The number of phosphoric ester groups is 1. The molecule has 9 nitrogen and oxygen atoms in total. The minimum Gasteiger partial charge on any atom is -0.462 e. The molecule has 2 atom stereocenters. The van der Waals surface area contributed by atoms with Crippen molar-refractivity contribution < 1.29 is 37.6 Å². The Bertz CT molecular complexity index is 1320. The number of ether oxygens (including phenoxy) is 2. The number of carbonyl (C=O) groups is 2. The molecule has 0 bridgehead atoms. The molecule has 0 spiro atoms. The number of carbonyl (C=O) groups excluding carboxylic acids is 2. The molecule has 0 aromatic heterocycles. The molecule has 0 aliphatic carbocycles. The second-order valence-electron chi connectivity index (χ2n) is 15.2. The molecular weight excluding hydrogens is 786 g/mol. The Kier molecular flexibility index (Phi) is 44.1. The summed E-state index contributed by atoms with van der Waals surface area (Å²) in [7, 11) is -4.40. The Morgan fingerprint density at radius 3 is 1.38 bits per heavy atom. The molecule has 0 radical (unpaired) electrons. The predicted molar refractivity (Wildman–Crippen MR) is 256 cm³/mol. The zero-order valence-electron chi connectivity index (χ0n) is 38.4. The molecule has 0 aliphatic rings. The average Bonchev–Trinajstić information content (AvgIpc) is 3.25. The van der Waals surface area contributed by atoms with Gasteiger partial charge in [0.15, 0.2) is 6.10 Å². The first kappa shape index (κ1) is 57.9. The van der Waals surface area contributed by atoms with E-state index in [1.165, 1.54) is 57.8 Å². The predicted octanol–water partition coefficient (Wildman–Crippen LogP) is 14.2. The molecule has 3 N–H and O–H groups in total. The molecule has 0 saturated carbocycles. The van der Waals surface area contributed by atoms with Gasteiger partial charge in [-0.15, -0.1) is 0 Å². The van der Waals surface area contributed by atoms with Gasteiger partial charge in [0, 0.05) is 19.4 Å². The number of esters is 2. The lowest BCUT2D eigenvalue weighted by Gasteiger charge is -2.19. The molecule has 0 heterocycles. The summed E-state index contributed by atoms with van der Waals surface area (Å²) in [6.07, 6.45) is 60.1. The van der Waals surface area contributed by atoms with Crippen LogP contribution in [0.15, 0.2) is 97.2 Å². The lowest BCUT2D eigenvalue weighted by molar-refractivity contribution is -0.161. The summed E-state index contributed by atoms with van der Waals surface area (Å²) in [5.41, 5.74) is 5.35. The van der Waals surface area contributed by atoms with Crippen molar-refractivity contribution in [1.82, 2.24) is 0 Å². The third kappa shape index (κ3) is 46.3. The molecule has 0 amide bonds. The van der Waals surface area contributed by atoms with Crippen LogP contribution in [0.4, 0.5) is 0 Å². The van der Waals surface area contributed by atoms with E-state index in [9.17, 15) is 19.0 Å². The number of unbranched alkanes of at least 4 members (excludes halogenated alkanes) is 14. The Balaban J connectivity index is 4.22. The Labute approximate surface area is 372 Å². The van der Waals surface area contributed by atoms with E-state index >= 15 is 0 Å². The zero-order valence-corrected chi connectivity index (χ0v) is 39.3. The molecule has 0 aromatic rings. The summed E-state index contributed by atoms with van der Waals surface area (Å²) in [6.45, 7) is 3.53. The molecule has 0 saturated heterocycles. The van der Waals surface area contributed by atoms with Crippen LogP contribution < -0.4 is 5.73 Å². The highest BCUT2D eigenvalue weighted by Gasteiger charge is 2.26. The molecule has 0 rings (SSSR count). The number of phosphoric acid groups is 1. The van der Waals surface area contributed by atoms with E-state index in [1.807, 2.05) is 0 Å². The van der Waals surface area contributed by atoms with Crippen molar-refractivity contribution in [2.45, 2.75) is 187 Å². The van der Waals surface area contributed by atoms with Gasteiger partial charge in [-0.2, -0.15) is 0 Å². The average molecular weight is 872 g/mol. The second-order valence-corrected chi connectivity index (χ2v) is 16.7. The fourth-order valence-electron chi connectivity index (χ4n) is 5.96. The van der Waals surface area contributed by atoms with Crippen molar-refractivity contribution in [3.8, 4) is 0 Å². The summed E-state index contributed by atoms with van der Waals surface area (Å²) in [4.78, 5) is 35.0. The van der Waals surface area contributed by atoms with Crippen molar-refractivity contribution >= 4 is 19.8 Å². The summed E-state index contributed by atoms with van der Waals surface area (Å²) < 4.78 is 32.8. The summed E-state index contributed by atoms with van der Waals surface area (Å²) >= 11 is 0. The number of hydrogen-bond donors (Lipinski definition) is 2. The monoisotopic (exact) mass is 872 g/mol. The number of rotatable bonds is 43. The standard InChI is InChI=1S/C51H86NO8P/c1-3-5-7-9-11-13-15-17-19-21-23-24-26-28-30-32-34-36-38-40-42-44-51(54)60-49(48-59-61(55,56)58-46-45-52)47-57-50(53)43-41-39-37-35-33-31-29-27-25-22-20-18-16-14-12-10-8-6-4-2/h5,7,11-14,17-20,23-24,28,30,34,36,49H,3-4,6,8-10,15-16,21-22,25-27,29,31-33,35,37-48,52H2,1-2H3,(H,55,56)/b7-5-,13-11-,14-12-,19-17-,20-18-,24-23-,30-28-,36-34-. The molecule has 2 unspecified atom stereocenters. The number of nitrogens with two attached hydrogens (primary N) is 1. The van der Waals surface area contributed by atoms with Gasteiger partial charge in [0.1, 0.15) is 6.61 Å². The third-order valence-electron chi connectivity index (χ3n) is 9.45. The van der Waals surface area contributed by atoms with Gasteiger partial charge in [-0.3, -0.25) is 18.6 Å². The first-order valence-corrected chi connectivity index (χ1v) is 25.2. The van der Waals surface area contributed by atoms with Crippen molar-refractivity contribution in [3.63, 3.8) is 0 Å². The SMILES string of the molecule is CC/C=C\C/C=C\C/C=C\C/C=C\C/C=C\C/C=C\CCCCC(=O)OC(COC(=O)CCCCCCCCCCC/C=C\C/C=C\CCCCC)COP(=O)(O)OCCN. The highest BCUT2D eigenvalue weighted by molar-refractivity contribution is 7.47. The number of allylic oxidation sites excluding steroid dienone is 16. The van der Waals surface area contributed by atoms with E-state index in [0.29, 0.717) is 6.42 Å². The maximum absolute atomic E-state index is 12.6. The van der Waals surface area contributed by atoms with E-state index in [2.05, 4.69) is 111 Å². The lowest BCUT2D eigenvalue weighted by Crippen LogP contribution is -2.29. The van der Waals surface area contributed by atoms with Gasteiger partial charge in [-0.1, -0.05) is 169 Å². The normalized spacial score (nSPS) is 14.1. The summed E-state index contributed by atoms with van der Waals surface area (Å²) in [5.74, 6) is -0.891. The molecule has 348 valence electrons. The molecule has 10 heteroatoms. The summed E-state index contributed by atoms with van der Waals surface area (Å²) in [6, 6.07) is 0. The van der Waals surface area contributed by atoms with E-state index in [-0.39, 0.29) is 32.6 Å². The van der Waals surface area contributed by atoms with E-state index in [0.717, 1.165) is 89.9 Å². The van der Waals surface area contributed by atoms with Gasteiger partial charge in [-0.05, 0) is 96.3 Å². The van der Waals surface area contributed by atoms with Crippen LogP contribution in [-0.2, 0) is 32.7 Å². The van der Waals surface area contributed by atoms with Gasteiger partial charge in [-0.25, -0.2) is 4.57 Å². The quantitative estimate of drug-likeness (QED) is 0.0266. The van der Waals surface area contributed by atoms with Crippen molar-refractivity contribution in [1.29, 1.82) is 0 Å². The molecule has 0 fully saturated rings. The maximum atomic E-state index is 12.6. The topological polar surface area (TPSA) is 134 Å². The smallest absolute Gasteiger partial charge is 0.462 e. The van der Waals surface area contributed by atoms with E-state index in [4.69, 9.17) is 24.3 Å². The fourth-order valence-corrected chi connectivity index (χ4v) is 6.73. The van der Waals surface area contributed by atoms with E-state index in [1.54, 1.807) is 0 Å². The van der Waals surface area contributed by atoms with Gasteiger partial charge in [0.2, 0.25) is 0 Å². The van der Waals surface area contributed by atoms with Crippen LogP contribution in [-0.4, -0.2) is 49.3 Å². The summed E-state index contributed by atoms with van der Waals surface area (Å²) in [5, 5.41) is 0.